The highest BCUT2D eigenvalue weighted by molar-refractivity contribution is 7.90. The summed E-state index contributed by atoms with van der Waals surface area (Å²) in [5.74, 6) is -1.08. The molecule has 1 fully saturated rings. The fourth-order valence-electron chi connectivity index (χ4n) is 3.53. The van der Waals surface area contributed by atoms with Crippen molar-refractivity contribution >= 4 is 21.7 Å². The minimum absolute atomic E-state index is 0.0766. The maximum Gasteiger partial charge on any atom is 0.244 e. The lowest BCUT2D eigenvalue weighted by atomic mass is 10.1. The van der Waals surface area contributed by atoms with Crippen molar-refractivity contribution in [3.63, 3.8) is 0 Å². The van der Waals surface area contributed by atoms with Gasteiger partial charge in [0, 0.05) is 39.1 Å². The molecule has 12 heteroatoms. The number of likely N-dealkylation sites (tertiary alicyclic amines) is 1. The average Bonchev–Trinajstić information content (AvgIpc) is 2.76. The maximum absolute atomic E-state index is 14.4. The minimum atomic E-state index is -3.55. The molecule has 1 atom stereocenters. The number of hydrogen-bond acceptors (Lipinski definition) is 8. The Morgan fingerprint density at radius 3 is 2.44 bits per heavy atom. The van der Waals surface area contributed by atoms with Gasteiger partial charge in [-0.25, -0.2) is 22.8 Å². The summed E-state index contributed by atoms with van der Waals surface area (Å²) in [6.07, 6.45) is 3.16. The predicted octanol–water partition coefficient (Wildman–Crippen LogP) is 2.01. The Kier molecular flexibility index (Phi) is 7.70. The monoisotopic (exact) mass is 494 g/mol. The van der Waals surface area contributed by atoms with Gasteiger partial charge in [0.25, 0.3) is 0 Å². The molecular weight excluding hydrogens is 467 g/mol. The van der Waals surface area contributed by atoms with Crippen LogP contribution in [0.15, 0.2) is 29.4 Å². The van der Waals surface area contributed by atoms with Gasteiger partial charge in [-0.15, -0.1) is 0 Å². The largest absolute Gasteiger partial charge is 0.474 e. The second kappa shape index (κ2) is 10.3. The number of carbonyl (C=O) groups excluding carboxylic acids is 2. The number of nitrogens with zero attached hydrogens (tertiary/aromatic N) is 3. The first-order valence-corrected chi connectivity index (χ1v) is 12.6. The van der Waals surface area contributed by atoms with E-state index in [1.165, 1.54) is 25.4 Å². The Hall–Kier alpha value is -3.28. The van der Waals surface area contributed by atoms with E-state index < -0.39 is 21.7 Å². The lowest BCUT2D eigenvalue weighted by Crippen LogP contribution is -2.50. The molecule has 0 radical (unpaired) electrons. The van der Waals surface area contributed by atoms with Crippen molar-refractivity contribution in [1.29, 1.82) is 0 Å². The van der Waals surface area contributed by atoms with Crippen LogP contribution >= 0.6 is 0 Å². The van der Waals surface area contributed by atoms with Gasteiger partial charge in [-0.1, -0.05) is 0 Å². The van der Waals surface area contributed by atoms with Crippen LogP contribution in [0.25, 0.3) is 0 Å². The van der Waals surface area contributed by atoms with Crippen LogP contribution < -0.4 is 14.8 Å². The Bertz CT molecular complexity index is 1180. The van der Waals surface area contributed by atoms with E-state index in [2.05, 4.69) is 15.3 Å². The molecule has 0 bridgehead atoms. The van der Waals surface area contributed by atoms with E-state index in [4.69, 9.17) is 9.47 Å². The lowest BCUT2D eigenvalue weighted by Gasteiger charge is -2.33. The van der Waals surface area contributed by atoms with Crippen LogP contribution in [0.2, 0.25) is 0 Å². The number of piperidine rings is 1. The zero-order chi connectivity index (χ0) is 25.0. The highest BCUT2D eigenvalue weighted by Crippen LogP contribution is 2.31. The summed E-state index contributed by atoms with van der Waals surface area (Å²) >= 11 is 0. The van der Waals surface area contributed by atoms with Gasteiger partial charge in [0.15, 0.2) is 21.4 Å². The van der Waals surface area contributed by atoms with Crippen molar-refractivity contribution in [3.05, 3.63) is 35.9 Å². The molecule has 10 nitrogen and oxygen atoms in total. The molecule has 0 spiro atoms. The van der Waals surface area contributed by atoms with Crippen molar-refractivity contribution in [2.75, 3.05) is 19.3 Å². The van der Waals surface area contributed by atoms with Crippen LogP contribution in [-0.2, 0) is 19.4 Å². The van der Waals surface area contributed by atoms with Crippen molar-refractivity contribution < 1.29 is 31.9 Å². The highest BCUT2D eigenvalue weighted by atomic mass is 32.2. The zero-order valence-corrected chi connectivity index (χ0v) is 20.2. The van der Waals surface area contributed by atoms with Gasteiger partial charge < -0.3 is 19.7 Å². The van der Waals surface area contributed by atoms with Gasteiger partial charge in [0.2, 0.25) is 23.6 Å². The van der Waals surface area contributed by atoms with Gasteiger partial charge in [-0.3, -0.25) is 9.59 Å². The summed E-state index contributed by atoms with van der Waals surface area (Å²) in [6, 6.07) is 2.78. The summed E-state index contributed by atoms with van der Waals surface area (Å²) < 4.78 is 49.1. The second-order valence-electron chi connectivity index (χ2n) is 8.14. The third kappa shape index (κ3) is 6.19. The van der Waals surface area contributed by atoms with E-state index in [1.54, 1.807) is 18.7 Å². The molecule has 184 valence electrons. The first-order valence-electron chi connectivity index (χ1n) is 10.7. The molecule has 1 saturated heterocycles. The van der Waals surface area contributed by atoms with E-state index in [0.717, 1.165) is 12.3 Å². The average molecular weight is 495 g/mol. The normalized spacial score (nSPS) is 15.5. The topological polar surface area (TPSA) is 128 Å². The molecule has 3 rings (SSSR count). The number of halogens is 1. The van der Waals surface area contributed by atoms with Gasteiger partial charge in [-0.05, 0) is 32.0 Å². The van der Waals surface area contributed by atoms with E-state index in [0.29, 0.717) is 31.5 Å². The van der Waals surface area contributed by atoms with Gasteiger partial charge in [0.1, 0.15) is 18.5 Å². The van der Waals surface area contributed by atoms with Crippen molar-refractivity contribution in [2.24, 2.45) is 0 Å². The number of sulfone groups is 1. The van der Waals surface area contributed by atoms with Gasteiger partial charge in [-0.2, -0.15) is 0 Å². The number of amides is 2. The first-order chi connectivity index (χ1) is 16.0. The number of rotatable bonds is 7. The summed E-state index contributed by atoms with van der Waals surface area (Å²) in [6.45, 7) is 5.62. The van der Waals surface area contributed by atoms with Crippen LogP contribution in [0, 0.1) is 12.7 Å². The number of ether oxygens (including phenoxy) is 2. The van der Waals surface area contributed by atoms with Gasteiger partial charge in [0.05, 0.1) is 10.5 Å². The molecule has 0 saturated carbocycles. The number of carbonyl (C=O) groups is 2. The Labute approximate surface area is 197 Å². The van der Waals surface area contributed by atoms with Crippen LogP contribution in [0.3, 0.4) is 0 Å². The fourth-order valence-corrected chi connectivity index (χ4v) is 4.16. The van der Waals surface area contributed by atoms with Crippen molar-refractivity contribution in [3.8, 4) is 17.5 Å². The quantitative estimate of drug-likeness (QED) is 0.619. The number of benzene rings is 1. The van der Waals surface area contributed by atoms with E-state index in [1.807, 2.05) is 0 Å². The molecule has 1 aliphatic heterocycles. The van der Waals surface area contributed by atoms with Crippen molar-refractivity contribution in [2.45, 2.75) is 50.7 Å². The summed E-state index contributed by atoms with van der Waals surface area (Å²) in [7, 11) is -3.55. The smallest absolute Gasteiger partial charge is 0.244 e. The molecule has 0 aliphatic carbocycles. The first kappa shape index (κ1) is 25.3. The Balaban J connectivity index is 1.64. The number of aromatic nitrogens is 2. The zero-order valence-electron chi connectivity index (χ0n) is 19.4. The minimum Gasteiger partial charge on any atom is -0.474 e. The summed E-state index contributed by atoms with van der Waals surface area (Å²) in [5, 5.41) is 2.59. The lowest BCUT2D eigenvalue weighted by molar-refractivity contribution is -0.137. The third-order valence-corrected chi connectivity index (χ3v) is 6.46. The second-order valence-corrected chi connectivity index (χ2v) is 10.2. The van der Waals surface area contributed by atoms with Crippen LogP contribution in [0.1, 0.15) is 32.3 Å². The van der Waals surface area contributed by atoms with Crippen molar-refractivity contribution in [1.82, 2.24) is 20.2 Å². The number of hydrogen-bond donors (Lipinski definition) is 1. The molecule has 2 amide bonds. The molecule has 2 heterocycles. The third-order valence-electron chi connectivity index (χ3n) is 5.35. The molecule has 2 aromatic rings. The SMILES string of the molecule is CC(=O)N[C@@H](C)C(=O)N1CCC(Oc2ncnc(Oc3ccc(S(C)(=O)=O)cc3F)c2C)CC1. The summed E-state index contributed by atoms with van der Waals surface area (Å²) in [4.78, 5) is 33.3. The molecule has 1 aromatic heterocycles. The molecule has 1 aromatic carbocycles. The molecule has 1 N–H and O–H groups in total. The summed E-state index contributed by atoms with van der Waals surface area (Å²) in [5.41, 5.74) is 0.451. The van der Waals surface area contributed by atoms with Crippen LogP contribution in [-0.4, -0.2) is 66.6 Å². The maximum atomic E-state index is 14.4. The Morgan fingerprint density at radius 1 is 1.21 bits per heavy atom. The highest BCUT2D eigenvalue weighted by Gasteiger charge is 2.28. The van der Waals surface area contributed by atoms with E-state index >= 15 is 0 Å². The predicted molar refractivity (Wildman–Crippen MR) is 120 cm³/mol. The van der Waals surface area contributed by atoms with Crippen LogP contribution in [0.4, 0.5) is 4.39 Å². The number of nitrogens with one attached hydrogen (secondary N) is 1. The molecular formula is C22H27FN4O6S. The molecule has 0 unspecified atom stereocenters. The van der Waals surface area contributed by atoms with Gasteiger partial charge >= 0.3 is 0 Å². The standard InChI is InChI=1S/C22H27FN4O6S/c1-13-20(32-16-7-9-27(10-8-16)22(29)14(2)26-15(3)28)24-12-25-21(13)33-19-6-5-17(11-18(19)23)34(4,30)31/h5-6,11-12,14,16H,7-10H2,1-4H3,(H,26,28)/t14-/m0/s1. The van der Waals surface area contributed by atoms with E-state index in [9.17, 15) is 22.4 Å². The molecule has 34 heavy (non-hydrogen) atoms. The molecule has 1 aliphatic rings. The fraction of sp³-hybridized carbons (Fsp3) is 0.455. The van der Waals surface area contributed by atoms with Crippen LogP contribution in [0.5, 0.6) is 17.5 Å². The Morgan fingerprint density at radius 2 is 1.85 bits per heavy atom. The van der Waals surface area contributed by atoms with E-state index in [-0.39, 0.29) is 40.3 Å².